The molecule has 2 aromatic carbocycles. The molecule has 0 heterocycles. The average molecular weight is 353 g/mol. The number of benzene rings is 2. The molecule has 0 aliphatic rings. The number of anilines is 1. The summed E-state index contributed by atoms with van der Waals surface area (Å²) in [6.07, 6.45) is 0.179. The molecule has 0 aromatic heterocycles. The molecule has 0 unspecified atom stereocenters. The third-order valence-electron chi connectivity index (χ3n) is 3.07. The predicted molar refractivity (Wildman–Crippen MR) is 90.2 cm³/mol. The zero-order valence-corrected chi connectivity index (χ0v) is 13.4. The molecule has 2 rings (SSSR count). The van der Waals surface area contributed by atoms with E-state index >= 15 is 0 Å². The van der Waals surface area contributed by atoms with E-state index in [9.17, 15) is 14.7 Å². The highest BCUT2D eigenvalue weighted by Crippen LogP contribution is 2.25. The lowest BCUT2D eigenvalue weighted by atomic mass is 10.1. The molecule has 0 saturated heterocycles. The average Bonchev–Trinajstić information content (AvgIpc) is 2.50. The Morgan fingerprint density at radius 3 is 2.39 bits per heavy atom. The maximum atomic E-state index is 12.0. The van der Waals surface area contributed by atoms with E-state index in [2.05, 4.69) is 10.6 Å². The van der Waals surface area contributed by atoms with Gasteiger partial charge >= 0.3 is 12.0 Å². The molecular weight excluding hydrogens is 339 g/mol. The first-order valence-corrected chi connectivity index (χ1v) is 7.50. The highest BCUT2D eigenvalue weighted by atomic mass is 35.5. The normalized spacial score (nSPS) is 11.6. The van der Waals surface area contributed by atoms with Gasteiger partial charge in [0.1, 0.15) is 6.04 Å². The summed E-state index contributed by atoms with van der Waals surface area (Å²) < 4.78 is 0. The molecule has 0 bridgehead atoms. The van der Waals surface area contributed by atoms with Crippen LogP contribution in [0.15, 0.2) is 48.5 Å². The van der Waals surface area contributed by atoms with Gasteiger partial charge in [-0.15, -0.1) is 0 Å². The number of amides is 2. The van der Waals surface area contributed by atoms with Crippen LogP contribution in [0.25, 0.3) is 0 Å². The van der Waals surface area contributed by atoms with Crippen LogP contribution >= 0.6 is 23.2 Å². The third-order valence-corrected chi connectivity index (χ3v) is 3.61. The van der Waals surface area contributed by atoms with Gasteiger partial charge in [0, 0.05) is 11.4 Å². The number of aliphatic carboxylic acids is 1. The Morgan fingerprint density at radius 2 is 1.78 bits per heavy atom. The van der Waals surface area contributed by atoms with Crippen LogP contribution in [0.1, 0.15) is 5.56 Å². The van der Waals surface area contributed by atoms with Crippen LogP contribution in [-0.2, 0) is 11.2 Å². The van der Waals surface area contributed by atoms with E-state index < -0.39 is 18.0 Å². The summed E-state index contributed by atoms with van der Waals surface area (Å²) in [4.78, 5) is 23.3. The minimum atomic E-state index is -1.12. The summed E-state index contributed by atoms with van der Waals surface area (Å²) in [5, 5.41) is 14.9. The van der Waals surface area contributed by atoms with Crippen LogP contribution in [0.4, 0.5) is 10.5 Å². The van der Waals surface area contributed by atoms with Crippen molar-refractivity contribution in [1.29, 1.82) is 0 Å². The van der Waals surface area contributed by atoms with Crippen LogP contribution in [0, 0.1) is 0 Å². The number of carboxylic acids is 1. The zero-order valence-electron chi connectivity index (χ0n) is 11.9. The van der Waals surface area contributed by atoms with Gasteiger partial charge in [0.15, 0.2) is 0 Å². The number of hydrogen-bond donors (Lipinski definition) is 3. The number of carbonyl (C=O) groups is 2. The van der Waals surface area contributed by atoms with Crippen molar-refractivity contribution in [2.75, 3.05) is 5.32 Å². The first-order valence-electron chi connectivity index (χ1n) is 6.75. The summed E-state index contributed by atoms with van der Waals surface area (Å²) >= 11 is 11.7. The molecule has 2 amide bonds. The molecule has 0 saturated carbocycles. The second-order valence-electron chi connectivity index (χ2n) is 4.80. The molecule has 0 radical (unpaired) electrons. The highest BCUT2D eigenvalue weighted by molar-refractivity contribution is 6.36. The third kappa shape index (κ3) is 5.16. The van der Waals surface area contributed by atoms with Crippen molar-refractivity contribution in [3.63, 3.8) is 0 Å². The van der Waals surface area contributed by atoms with E-state index in [-0.39, 0.29) is 11.4 Å². The quantitative estimate of drug-likeness (QED) is 0.765. The Morgan fingerprint density at radius 1 is 1.09 bits per heavy atom. The van der Waals surface area contributed by atoms with E-state index in [0.717, 1.165) is 5.56 Å². The number of halogens is 2. The maximum absolute atomic E-state index is 12.0. The summed E-state index contributed by atoms with van der Waals surface area (Å²) in [6, 6.07) is 11.9. The lowest BCUT2D eigenvalue weighted by Crippen LogP contribution is -2.44. The molecule has 0 aliphatic carbocycles. The Balaban J connectivity index is 2.02. The molecule has 5 nitrogen and oxygen atoms in total. The van der Waals surface area contributed by atoms with E-state index in [4.69, 9.17) is 23.2 Å². The Hall–Kier alpha value is -2.24. The Labute approximate surface area is 143 Å². The topological polar surface area (TPSA) is 78.4 Å². The number of hydrogen-bond acceptors (Lipinski definition) is 2. The van der Waals surface area contributed by atoms with Crippen molar-refractivity contribution < 1.29 is 14.7 Å². The van der Waals surface area contributed by atoms with Gasteiger partial charge in [0.05, 0.1) is 10.7 Å². The maximum Gasteiger partial charge on any atom is 0.326 e. The molecule has 0 aliphatic heterocycles. The van der Waals surface area contributed by atoms with Crippen molar-refractivity contribution in [2.24, 2.45) is 0 Å². The Bertz CT molecular complexity index is 708. The van der Waals surface area contributed by atoms with Crippen molar-refractivity contribution in [2.45, 2.75) is 12.5 Å². The molecule has 0 spiro atoms. The molecule has 2 aromatic rings. The standard InChI is InChI=1S/C16H14Cl2N2O3/c17-11-6-7-13(12(18)9-11)19-16(23)20-14(15(21)22)8-10-4-2-1-3-5-10/h1-7,9,14H,8H2,(H,21,22)(H2,19,20,23)/t14-/m0/s1. The fourth-order valence-electron chi connectivity index (χ4n) is 1.96. The number of nitrogens with one attached hydrogen (secondary N) is 2. The van der Waals surface area contributed by atoms with Crippen molar-refractivity contribution in [1.82, 2.24) is 5.32 Å². The second kappa shape index (κ2) is 7.85. The first-order chi connectivity index (χ1) is 11.0. The fourth-order valence-corrected chi connectivity index (χ4v) is 2.41. The zero-order chi connectivity index (χ0) is 16.8. The van der Waals surface area contributed by atoms with Gasteiger partial charge in [-0.1, -0.05) is 53.5 Å². The number of rotatable bonds is 5. The number of carbonyl (C=O) groups excluding carboxylic acids is 1. The predicted octanol–water partition coefficient (Wildman–Crippen LogP) is 3.81. The second-order valence-corrected chi connectivity index (χ2v) is 5.65. The molecule has 120 valence electrons. The van der Waals surface area contributed by atoms with Crippen LogP contribution in [0.3, 0.4) is 0 Å². The lowest BCUT2D eigenvalue weighted by Gasteiger charge is -2.16. The van der Waals surface area contributed by atoms with Crippen LogP contribution in [-0.4, -0.2) is 23.1 Å². The van der Waals surface area contributed by atoms with Gasteiger partial charge in [-0.25, -0.2) is 9.59 Å². The van der Waals surface area contributed by atoms with Crippen molar-refractivity contribution in [3.8, 4) is 0 Å². The molecule has 23 heavy (non-hydrogen) atoms. The molecule has 7 heteroatoms. The van der Waals surface area contributed by atoms with Crippen LogP contribution < -0.4 is 10.6 Å². The molecule has 1 atom stereocenters. The summed E-state index contributed by atoms with van der Waals surface area (Å²) in [6.45, 7) is 0. The molecule has 0 fully saturated rings. The van der Waals surface area contributed by atoms with Gasteiger partial charge in [-0.3, -0.25) is 0 Å². The first kappa shape index (κ1) is 17.1. The smallest absolute Gasteiger partial charge is 0.326 e. The summed E-state index contributed by atoms with van der Waals surface area (Å²) in [7, 11) is 0. The molecular formula is C16H14Cl2N2O3. The number of carboxylic acid groups (broad SMARTS) is 1. The summed E-state index contributed by atoms with van der Waals surface area (Å²) in [5.41, 5.74) is 1.15. The van der Waals surface area contributed by atoms with Gasteiger partial charge in [0.2, 0.25) is 0 Å². The van der Waals surface area contributed by atoms with Gasteiger partial charge in [0.25, 0.3) is 0 Å². The van der Waals surface area contributed by atoms with Crippen LogP contribution in [0.5, 0.6) is 0 Å². The number of urea groups is 1. The van der Waals surface area contributed by atoms with Gasteiger partial charge in [-0.2, -0.15) is 0 Å². The minimum Gasteiger partial charge on any atom is -0.480 e. The summed E-state index contributed by atoms with van der Waals surface area (Å²) in [5.74, 6) is -1.12. The van der Waals surface area contributed by atoms with E-state index in [0.29, 0.717) is 10.7 Å². The minimum absolute atomic E-state index is 0.179. The van der Waals surface area contributed by atoms with E-state index in [1.165, 1.54) is 12.1 Å². The Kier molecular flexibility index (Phi) is 5.84. The van der Waals surface area contributed by atoms with Crippen LogP contribution in [0.2, 0.25) is 10.0 Å². The van der Waals surface area contributed by atoms with E-state index in [1.807, 2.05) is 18.2 Å². The van der Waals surface area contributed by atoms with Gasteiger partial charge in [-0.05, 0) is 23.8 Å². The fraction of sp³-hybridized carbons (Fsp3) is 0.125. The van der Waals surface area contributed by atoms with E-state index in [1.54, 1.807) is 18.2 Å². The highest BCUT2D eigenvalue weighted by Gasteiger charge is 2.20. The van der Waals surface area contributed by atoms with Crippen molar-refractivity contribution >= 4 is 40.9 Å². The van der Waals surface area contributed by atoms with Gasteiger partial charge < -0.3 is 15.7 Å². The monoisotopic (exact) mass is 352 g/mol. The lowest BCUT2D eigenvalue weighted by molar-refractivity contribution is -0.139. The molecule has 3 N–H and O–H groups in total. The van der Waals surface area contributed by atoms with Crippen molar-refractivity contribution in [3.05, 3.63) is 64.1 Å². The SMILES string of the molecule is O=C(Nc1ccc(Cl)cc1Cl)N[C@@H](Cc1ccccc1)C(=O)O. The largest absolute Gasteiger partial charge is 0.480 e.